The van der Waals surface area contributed by atoms with Crippen LogP contribution in [0.25, 0.3) is 21.5 Å². The van der Waals surface area contributed by atoms with Gasteiger partial charge in [0.1, 0.15) is 107 Å². The normalized spacial score (nSPS) is 12.4. The van der Waals surface area contributed by atoms with Gasteiger partial charge in [0.25, 0.3) is 0 Å². The van der Waals surface area contributed by atoms with Crippen LogP contribution in [0.3, 0.4) is 0 Å². The van der Waals surface area contributed by atoms with Gasteiger partial charge in [-0.05, 0) is 137 Å². The van der Waals surface area contributed by atoms with E-state index in [4.69, 9.17) is 37.9 Å². The second-order valence-corrected chi connectivity index (χ2v) is 28.3. The molecule has 0 bridgehead atoms. The van der Waals surface area contributed by atoms with E-state index in [1.165, 1.54) is 0 Å². The Morgan fingerprint density at radius 3 is 0.495 bits per heavy atom. The minimum absolute atomic E-state index is 0.329. The smallest absolute Gasteiger partial charge is 0.124 e. The predicted molar refractivity (Wildman–Crippen MR) is 383 cm³/mol. The molecule has 0 amide bonds. The van der Waals surface area contributed by atoms with E-state index in [9.17, 15) is 0 Å². The number of hydrogen-bond donors (Lipinski definition) is 0. The molecule has 12 aromatic rings. The molecule has 0 atom stereocenters. The van der Waals surface area contributed by atoms with Crippen LogP contribution in [-0.4, -0.2) is 8.07 Å². The van der Waals surface area contributed by atoms with Crippen LogP contribution >= 0.6 is 0 Å². The molecule has 1 aliphatic heterocycles. The molecule has 9 heteroatoms. The maximum atomic E-state index is 6.94. The van der Waals surface area contributed by atoms with E-state index in [2.05, 4.69) is 159 Å². The summed E-state index contributed by atoms with van der Waals surface area (Å²) in [6.07, 6.45) is 0. The highest BCUT2D eigenvalue weighted by Gasteiger charge is 2.45. The van der Waals surface area contributed by atoms with Crippen molar-refractivity contribution in [3.63, 3.8) is 0 Å². The summed E-state index contributed by atoms with van der Waals surface area (Å²) in [5, 5.41) is 2.24. The van der Waals surface area contributed by atoms with Crippen LogP contribution in [0.1, 0.15) is 66.8 Å². The summed E-state index contributed by atoms with van der Waals surface area (Å²) in [7, 11) is -3.19. The standard InChI is InChI=1S/C86H74O8Si/c1-95(2)85(73-47-79(91-59-67-35-19-7-20-36-67)53-80(48-73)92-60-68-37-21-8-22-38-68)83(71-43-75(87-55-63-27-11-3-12-28-63)51-76(44-71)88-56-64-29-13-4-14-30-64)84(72-45-77(89-57-65-31-15-5-16-32-65)52-78(46-72)90-58-66-33-17-6-18-34-66)86(95)74-49-81(93-61-69-39-23-9-24-40-69)54-82(50-74)94-62-70-41-25-10-26-42-70/h3-54H,55-62H2,1-2H3. The third-order valence-corrected chi connectivity index (χ3v) is 20.2. The van der Waals surface area contributed by atoms with Gasteiger partial charge in [0.05, 0.1) is 0 Å². The molecule has 470 valence electrons. The summed E-state index contributed by atoms with van der Waals surface area (Å²) in [6.45, 7) is 7.58. The maximum absolute atomic E-state index is 6.94. The number of hydrogen-bond acceptors (Lipinski definition) is 8. The Bertz CT molecular complexity index is 3990. The summed E-state index contributed by atoms with van der Waals surface area (Å²) < 4.78 is 55.4. The van der Waals surface area contributed by atoms with Crippen LogP contribution in [0.2, 0.25) is 13.1 Å². The SMILES string of the molecule is C[Si]1(C)C(c2cc(OCc3ccccc3)cc(OCc3ccccc3)c2)=C(c2cc(OCc3ccccc3)cc(OCc3ccccc3)c2)C(c2cc(OCc3ccccc3)cc(OCc3ccccc3)c2)=C1c1cc(OCc2ccccc2)cc(OCc2ccccc2)c1. The monoisotopic (exact) mass is 1260 g/mol. The Morgan fingerprint density at radius 2 is 0.337 bits per heavy atom. The van der Waals surface area contributed by atoms with E-state index in [1.54, 1.807) is 0 Å². The first kappa shape index (κ1) is 62.5. The van der Waals surface area contributed by atoms with E-state index >= 15 is 0 Å². The van der Waals surface area contributed by atoms with Crippen molar-refractivity contribution in [2.45, 2.75) is 65.9 Å². The minimum atomic E-state index is -3.19. The molecule has 0 N–H and O–H groups in total. The molecule has 95 heavy (non-hydrogen) atoms. The molecule has 0 fully saturated rings. The third kappa shape index (κ3) is 16.5. The lowest BCUT2D eigenvalue weighted by molar-refractivity contribution is 0.289. The zero-order chi connectivity index (χ0) is 64.4. The van der Waals surface area contributed by atoms with Crippen LogP contribution in [0.15, 0.2) is 315 Å². The molecular formula is C86H74O8Si. The third-order valence-electron chi connectivity index (χ3n) is 16.7. The molecular weight excluding hydrogens is 1190 g/mol. The van der Waals surface area contributed by atoms with E-state index in [0.29, 0.717) is 98.9 Å². The highest BCUT2D eigenvalue weighted by atomic mass is 28.3. The first-order valence-electron chi connectivity index (χ1n) is 32.2. The van der Waals surface area contributed by atoms with Crippen molar-refractivity contribution in [2.24, 2.45) is 0 Å². The summed E-state index contributed by atoms with van der Waals surface area (Å²) in [4.78, 5) is 0. The van der Waals surface area contributed by atoms with Gasteiger partial charge >= 0.3 is 0 Å². The second-order valence-electron chi connectivity index (χ2n) is 24.1. The molecule has 0 aliphatic carbocycles. The first-order chi connectivity index (χ1) is 46.8. The van der Waals surface area contributed by atoms with Gasteiger partial charge in [-0.3, -0.25) is 0 Å². The van der Waals surface area contributed by atoms with Crippen molar-refractivity contribution in [1.29, 1.82) is 0 Å². The molecule has 8 nitrogen and oxygen atoms in total. The zero-order valence-electron chi connectivity index (χ0n) is 53.4. The van der Waals surface area contributed by atoms with Gasteiger partial charge in [0.15, 0.2) is 0 Å². The van der Waals surface area contributed by atoms with Crippen LogP contribution in [0.4, 0.5) is 0 Å². The summed E-state index contributed by atoms with van der Waals surface area (Å²) >= 11 is 0. The van der Waals surface area contributed by atoms with Crippen molar-refractivity contribution in [1.82, 2.24) is 0 Å². The second kappa shape index (κ2) is 30.4. The lowest BCUT2D eigenvalue weighted by Gasteiger charge is -2.28. The molecule has 0 spiro atoms. The van der Waals surface area contributed by atoms with E-state index in [1.807, 2.05) is 170 Å². The van der Waals surface area contributed by atoms with Crippen LogP contribution in [0.5, 0.6) is 46.0 Å². The van der Waals surface area contributed by atoms with E-state index in [-0.39, 0.29) is 0 Å². The lowest BCUT2D eigenvalue weighted by Crippen LogP contribution is -2.28. The Morgan fingerprint density at radius 1 is 0.189 bits per heavy atom. The van der Waals surface area contributed by atoms with Crippen molar-refractivity contribution in [3.05, 3.63) is 382 Å². The Labute approximate surface area is 558 Å². The Hall–Kier alpha value is -11.3. The van der Waals surface area contributed by atoms with Gasteiger partial charge < -0.3 is 37.9 Å². The van der Waals surface area contributed by atoms with Gasteiger partial charge in [-0.1, -0.05) is 256 Å². The first-order valence-corrected chi connectivity index (χ1v) is 35.2. The fraction of sp³-hybridized carbons (Fsp3) is 0.116. The van der Waals surface area contributed by atoms with E-state index < -0.39 is 8.07 Å². The topological polar surface area (TPSA) is 73.8 Å². The van der Waals surface area contributed by atoms with Crippen molar-refractivity contribution in [2.75, 3.05) is 0 Å². The quantitative estimate of drug-likeness (QED) is 0.0449. The zero-order valence-corrected chi connectivity index (χ0v) is 54.4. The largest absolute Gasteiger partial charge is 0.489 e. The van der Waals surface area contributed by atoms with Crippen molar-refractivity contribution in [3.8, 4) is 46.0 Å². The fourth-order valence-corrected chi connectivity index (χ4v) is 15.8. The highest BCUT2D eigenvalue weighted by Crippen LogP contribution is 2.58. The maximum Gasteiger partial charge on any atom is 0.124 e. The number of benzene rings is 12. The molecule has 0 radical (unpaired) electrons. The number of ether oxygens (including phenoxy) is 8. The Balaban J connectivity index is 1.08. The average molecular weight is 1260 g/mol. The highest BCUT2D eigenvalue weighted by molar-refractivity contribution is 7.13. The average Bonchev–Trinajstić information content (AvgIpc) is 1.56. The van der Waals surface area contributed by atoms with Gasteiger partial charge in [0, 0.05) is 24.3 Å². The molecule has 1 heterocycles. The Kier molecular flexibility index (Phi) is 20.0. The molecule has 0 saturated carbocycles. The number of rotatable bonds is 28. The number of allylic oxidation sites excluding steroid dienone is 2. The molecule has 0 unspecified atom stereocenters. The van der Waals surface area contributed by atoms with Crippen LogP contribution in [-0.2, 0) is 52.9 Å². The molecule has 1 aliphatic rings. The van der Waals surface area contributed by atoms with Gasteiger partial charge in [-0.15, -0.1) is 0 Å². The molecule has 12 aromatic carbocycles. The molecule has 13 rings (SSSR count). The van der Waals surface area contributed by atoms with Crippen LogP contribution in [0, 0.1) is 0 Å². The van der Waals surface area contributed by atoms with Gasteiger partial charge in [-0.25, -0.2) is 0 Å². The molecule has 0 aromatic heterocycles. The summed E-state index contributed by atoms with van der Waals surface area (Å²) in [5.74, 6) is 5.20. The summed E-state index contributed by atoms with van der Waals surface area (Å²) in [6, 6.07) is 108. The lowest BCUT2D eigenvalue weighted by atomic mass is 9.88. The fourth-order valence-electron chi connectivity index (χ4n) is 12.0. The summed E-state index contributed by atoms with van der Waals surface area (Å²) in [5.41, 5.74) is 13.9. The van der Waals surface area contributed by atoms with Crippen molar-refractivity contribution < 1.29 is 37.9 Å². The van der Waals surface area contributed by atoms with E-state index in [0.717, 1.165) is 88.3 Å². The van der Waals surface area contributed by atoms with Gasteiger partial charge in [-0.2, -0.15) is 0 Å². The van der Waals surface area contributed by atoms with Crippen molar-refractivity contribution >= 4 is 29.6 Å². The predicted octanol–water partition coefficient (Wildman–Crippen LogP) is 20.6. The minimum Gasteiger partial charge on any atom is -0.489 e. The van der Waals surface area contributed by atoms with Gasteiger partial charge in [0.2, 0.25) is 0 Å². The molecule has 0 saturated heterocycles. The van der Waals surface area contributed by atoms with Crippen LogP contribution < -0.4 is 37.9 Å².